The SMILES string of the molecule is NC(=O)CC(NC(=O)C(Cc1cnc[nH]1)NC(=O)C(N)Cc1c[nH]c2ccccc12)C(=O)NC(CCCN=C(N)N)C(=O)O. The summed E-state index contributed by atoms with van der Waals surface area (Å²) in [6, 6.07) is 2.31. The van der Waals surface area contributed by atoms with E-state index in [-0.39, 0.29) is 38.2 Å². The minimum absolute atomic E-state index is 0.0398. The number of carbonyl (C=O) groups excluding carboxylic acids is 4. The van der Waals surface area contributed by atoms with Crippen molar-refractivity contribution in [3.8, 4) is 0 Å². The number of amides is 4. The number of carboxylic acid groups (broad SMARTS) is 1. The van der Waals surface area contributed by atoms with Crippen LogP contribution in [0.5, 0.6) is 0 Å². The van der Waals surface area contributed by atoms with Crippen LogP contribution in [0.3, 0.4) is 0 Å². The number of aliphatic carboxylic acids is 1. The van der Waals surface area contributed by atoms with Gasteiger partial charge >= 0.3 is 5.97 Å². The Balaban J connectivity index is 1.72. The summed E-state index contributed by atoms with van der Waals surface area (Å²) >= 11 is 0. The van der Waals surface area contributed by atoms with Gasteiger partial charge in [-0.1, -0.05) is 18.2 Å². The van der Waals surface area contributed by atoms with Crippen LogP contribution < -0.4 is 38.9 Å². The zero-order valence-electron chi connectivity index (χ0n) is 23.8. The highest BCUT2D eigenvalue weighted by molar-refractivity contribution is 5.96. The lowest BCUT2D eigenvalue weighted by Gasteiger charge is -2.24. The van der Waals surface area contributed by atoms with Gasteiger partial charge in [0.15, 0.2) is 5.96 Å². The van der Waals surface area contributed by atoms with Crippen LogP contribution in [0.4, 0.5) is 0 Å². The van der Waals surface area contributed by atoms with Gasteiger partial charge in [-0.05, 0) is 30.9 Å². The lowest BCUT2D eigenvalue weighted by molar-refractivity contribution is -0.142. The molecular formula is C27H37N11O6. The maximum absolute atomic E-state index is 13.4. The van der Waals surface area contributed by atoms with Crippen molar-refractivity contribution in [1.82, 2.24) is 30.9 Å². The van der Waals surface area contributed by atoms with Crippen LogP contribution in [0, 0.1) is 0 Å². The van der Waals surface area contributed by atoms with Crippen molar-refractivity contribution in [1.29, 1.82) is 0 Å². The van der Waals surface area contributed by atoms with Gasteiger partial charge in [0.25, 0.3) is 0 Å². The number of imidazole rings is 1. The number of H-pyrrole nitrogens is 2. The van der Waals surface area contributed by atoms with Crippen molar-refractivity contribution in [3.63, 3.8) is 0 Å². The molecule has 0 saturated carbocycles. The van der Waals surface area contributed by atoms with Crippen LogP contribution in [-0.4, -0.2) is 86.3 Å². The van der Waals surface area contributed by atoms with Crippen LogP contribution >= 0.6 is 0 Å². The molecule has 0 aliphatic carbocycles. The molecule has 3 aromatic rings. The highest BCUT2D eigenvalue weighted by Crippen LogP contribution is 2.19. The van der Waals surface area contributed by atoms with Gasteiger partial charge in [0.05, 0.1) is 18.8 Å². The van der Waals surface area contributed by atoms with Crippen molar-refractivity contribution in [2.24, 2.45) is 27.9 Å². The highest BCUT2D eigenvalue weighted by atomic mass is 16.4. The summed E-state index contributed by atoms with van der Waals surface area (Å²) in [5.74, 6) is -4.89. The Morgan fingerprint density at radius 1 is 0.909 bits per heavy atom. The van der Waals surface area contributed by atoms with E-state index in [1.807, 2.05) is 24.3 Å². The molecule has 17 heteroatoms. The predicted octanol–water partition coefficient (Wildman–Crippen LogP) is -2.53. The maximum Gasteiger partial charge on any atom is 0.326 e. The molecule has 0 saturated heterocycles. The zero-order valence-corrected chi connectivity index (χ0v) is 23.8. The molecule has 0 aliphatic heterocycles. The lowest BCUT2D eigenvalue weighted by Crippen LogP contribution is -2.58. The average molecular weight is 612 g/mol. The number of para-hydroxylation sites is 1. The minimum atomic E-state index is -1.54. The van der Waals surface area contributed by atoms with Crippen LogP contribution in [0.25, 0.3) is 10.9 Å². The number of nitrogens with zero attached hydrogens (tertiary/aromatic N) is 2. The summed E-state index contributed by atoms with van der Waals surface area (Å²) in [6.07, 6.45) is 4.24. The standard InChI is InChI=1S/C27H37N11O6/c28-17(8-14-11-34-18-5-2-1-4-16(14)18)23(40)37-20(9-15-12-32-13-35-15)24(41)38-21(10-22(29)39)25(42)36-19(26(43)44)6-3-7-33-27(30)31/h1-2,4-5,11-13,17,19-21,34H,3,6-10,28H2,(H2,29,39)(H,32,35)(H,36,42)(H,37,40)(H,38,41)(H,43,44)(H4,30,31,33). The normalized spacial score (nSPS) is 13.7. The fourth-order valence-corrected chi connectivity index (χ4v) is 4.45. The number of nitrogens with one attached hydrogen (secondary N) is 5. The van der Waals surface area contributed by atoms with Crippen molar-refractivity contribution in [3.05, 3.63) is 54.2 Å². The smallest absolute Gasteiger partial charge is 0.326 e. The number of carboxylic acids is 1. The van der Waals surface area contributed by atoms with E-state index >= 15 is 0 Å². The van der Waals surface area contributed by atoms with Gasteiger partial charge in [-0.3, -0.25) is 24.2 Å². The van der Waals surface area contributed by atoms with Crippen LogP contribution in [0.2, 0.25) is 0 Å². The number of carbonyl (C=O) groups is 5. The van der Waals surface area contributed by atoms with E-state index in [4.69, 9.17) is 22.9 Å². The summed E-state index contributed by atoms with van der Waals surface area (Å²) < 4.78 is 0. The lowest BCUT2D eigenvalue weighted by atomic mass is 10.0. The number of hydrogen-bond donors (Lipinski definition) is 10. The first kappa shape index (κ1) is 33.1. The highest BCUT2D eigenvalue weighted by Gasteiger charge is 2.31. The molecule has 4 amide bonds. The van der Waals surface area contributed by atoms with Crippen LogP contribution in [-0.2, 0) is 36.8 Å². The molecular weight excluding hydrogens is 574 g/mol. The van der Waals surface area contributed by atoms with Gasteiger partial charge < -0.3 is 54.0 Å². The summed E-state index contributed by atoms with van der Waals surface area (Å²) in [4.78, 5) is 76.7. The minimum Gasteiger partial charge on any atom is -0.480 e. The molecule has 2 aromatic heterocycles. The van der Waals surface area contributed by atoms with Crippen molar-refractivity contribution >= 4 is 46.5 Å². The Hall–Kier alpha value is -5.45. The number of rotatable bonds is 17. The molecule has 4 unspecified atom stereocenters. The predicted molar refractivity (Wildman–Crippen MR) is 159 cm³/mol. The van der Waals surface area contributed by atoms with Gasteiger partial charge in [-0.25, -0.2) is 9.78 Å². The van der Waals surface area contributed by atoms with Crippen molar-refractivity contribution in [2.45, 2.75) is 56.3 Å². The van der Waals surface area contributed by atoms with Gasteiger partial charge in [-0.15, -0.1) is 0 Å². The fourth-order valence-electron chi connectivity index (χ4n) is 4.45. The number of benzene rings is 1. The monoisotopic (exact) mass is 611 g/mol. The molecule has 0 bridgehead atoms. The number of aromatic nitrogens is 3. The molecule has 236 valence electrons. The van der Waals surface area contributed by atoms with Gasteiger partial charge in [0, 0.05) is 42.0 Å². The first-order chi connectivity index (χ1) is 20.9. The number of fused-ring (bicyclic) bond motifs is 1. The van der Waals surface area contributed by atoms with Crippen LogP contribution in [0.1, 0.15) is 30.5 Å². The Kier molecular flexibility index (Phi) is 11.8. The van der Waals surface area contributed by atoms with E-state index in [2.05, 4.69) is 35.9 Å². The molecule has 0 spiro atoms. The van der Waals surface area contributed by atoms with Gasteiger partial charge in [0.1, 0.15) is 18.1 Å². The fraction of sp³-hybridized carbons (Fsp3) is 0.370. The summed E-state index contributed by atoms with van der Waals surface area (Å²) in [5.41, 5.74) is 24.2. The van der Waals surface area contributed by atoms with E-state index in [0.717, 1.165) is 16.5 Å². The van der Waals surface area contributed by atoms with E-state index < -0.39 is 60.2 Å². The number of aliphatic imine (C=N–C) groups is 1. The second kappa shape index (κ2) is 15.7. The summed E-state index contributed by atoms with van der Waals surface area (Å²) in [7, 11) is 0. The molecule has 3 rings (SSSR count). The Labute approximate surface area is 251 Å². The third-order valence-electron chi connectivity index (χ3n) is 6.66. The number of hydrogen-bond acceptors (Lipinski definition) is 8. The summed E-state index contributed by atoms with van der Waals surface area (Å²) in [5, 5.41) is 17.8. The molecule has 0 aliphatic rings. The molecule has 0 radical (unpaired) electrons. The second-order valence-electron chi connectivity index (χ2n) is 10.1. The van der Waals surface area contributed by atoms with Gasteiger partial charge in [-0.2, -0.15) is 0 Å². The average Bonchev–Trinajstić information content (AvgIpc) is 3.63. The topological polar surface area (TPSA) is 303 Å². The summed E-state index contributed by atoms with van der Waals surface area (Å²) in [6.45, 7) is 0.126. The first-order valence-corrected chi connectivity index (χ1v) is 13.7. The molecule has 17 nitrogen and oxygen atoms in total. The molecule has 4 atom stereocenters. The molecule has 0 fully saturated rings. The molecule has 2 heterocycles. The zero-order chi connectivity index (χ0) is 32.2. The number of aromatic amines is 2. The number of guanidine groups is 1. The largest absolute Gasteiger partial charge is 0.480 e. The van der Waals surface area contributed by atoms with Crippen molar-refractivity contribution < 1.29 is 29.1 Å². The Bertz CT molecular complexity index is 1480. The van der Waals surface area contributed by atoms with Crippen molar-refractivity contribution in [2.75, 3.05) is 6.54 Å². The number of nitrogens with two attached hydrogens (primary N) is 4. The molecule has 44 heavy (non-hydrogen) atoms. The maximum atomic E-state index is 13.4. The molecule has 14 N–H and O–H groups in total. The Morgan fingerprint density at radius 3 is 2.25 bits per heavy atom. The van der Waals surface area contributed by atoms with E-state index in [9.17, 15) is 29.1 Å². The van der Waals surface area contributed by atoms with E-state index in [0.29, 0.717) is 5.69 Å². The molecule has 1 aromatic carbocycles. The quantitative estimate of drug-likeness (QED) is 0.0433. The third kappa shape index (κ3) is 9.83. The van der Waals surface area contributed by atoms with Gasteiger partial charge in [0.2, 0.25) is 23.6 Å². The number of primary amides is 1. The first-order valence-electron chi connectivity index (χ1n) is 13.7. The van der Waals surface area contributed by atoms with Crippen LogP contribution in [0.15, 0.2) is 48.0 Å². The third-order valence-corrected chi connectivity index (χ3v) is 6.66. The van der Waals surface area contributed by atoms with E-state index in [1.54, 1.807) is 6.20 Å². The Morgan fingerprint density at radius 2 is 1.59 bits per heavy atom. The van der Waals surface area contributed by atoms with E-state index in [1.165, 1.54) is 12.5 Å². The second-order valence-corrected chi connectivity index (χ2v) is 10.1.